The number of piperidine rings is 1. The van der Waals surface area contributed by atoms with E-state index in [1.54, 1.807) is 11.0 Å². The molecule has 6 rings (SSSR count). The molecule has 5 aromatic rings. The SMILES string of the molecule is Clc1ccccc1-n1cc(Cn2cnc3c(NCc4ccccc4)nc(N4CCCCC4)nc32)nn1. The van der Waals surface area contributed by atoms with Crippen LogP contribution < -0.4 is 10.2 Å². The highest BCUT2D eigenvalue weighted by molar-refractivity contribution is 6.32. The second-order valence-corrected chi connectivity index (χ2v) is 9.32. The molecule has 10 heteroatoms. The molecule has 36 heavy (non-hydrogen) atoms. The molecule has 0 amide bonds. The maximum atomic E-state index is 6.34. The van der Waals surface area contributed by atoms with Gasteiger partial charge < -0.3 is 14.8 Å². The van der Waals surface area contributed by atoms with E-state index in [-0.39, 0.29) is 0 Å². The van der Waals surface area contributed by atoms with Crippen molar-refractivity contribution in [3.05, 3.63) is 83.4 Å². The van der Waals surface area contributed by atoms with Crippen molar-refractivity contribution >= 4 is 34.5 Å². The lowest BCUT2D eigenvalue weighted by atomic mass is 10.1. The summed E-state index contributed by atoms with van der Waals surface area (Å²) in [5.74, 6) is 1.47. The van der Waals surface area contributed by atoms with E-state index >= 15 is 0 Å². The molecule has 1 aliphatic rings. The minimum absolute atomic E-state index is 0.482. The fraction of sp³-hybridized carbons (Fsp3) is 0.269. The van der Waals surface area contributed by atoms with Gasteiger partial charge in [0.2, 0.25) is 5.95 Å². The van der Waals surface area contributed by atoms with Crippen molar-refractivity contribution in [1.29, 1.82) is 0 Å². The largest absolute Gasteiger partial charge is 0.364 e. The second-order valence-electron chi connectivity index (χ2n) is 8.91. The van der Waals surface area contributed by atoms with Gasteiger partial charge >= 0.3 is 0 Å². The van der Waals surface area contributed by atoms with Gasteiger partial charge in [0.05, 0.1) is 29.8 Å². The van der Waals surface area contributed by atoms with E-state index < -0.39 is 0 Å². The maximum Gasteiger partial charge on any atom is 0.229 e. The van der Waals surface area contributed by atoms with Gasteiger partial charge in [-0.05, 0) is 37.0 Å². The van der Waals surface area contributed by atoms with Crippen LogP contribution in [0, 0.1) is 0 Å². The van der Waals surface area contributed by atoms with Crippen LogP contribution in [0.2, 0.25) is 5.02 Å². The van der Waals surface area contributed by atoms with Crippen molar-refractivity contribution in [2.45, 2.75) is 32.4 Å². The summed E-state index contributed by atoms with van der Waals surface area (Å²) in [6.45, 7) is 3.06. The number of anilines is 2. The van der Waals surface area contributed by atoms with Gasteiger partial charge in [-0.25, -0.2) is 9.67 Å². The van der Waals surface area contributed by atoms with Gasteiger partial charge in [0.25, 0.3) is 0 Å². The van der Waals surface area contributed by atoms with Crippen molar-refractivity contribution in [1.82, 2.24) is 34.5 Å². The molecule has 0 unspecified atom stereocenters. The molecule has 1 aliphatic heterocycles. The standard InChI is InChI=1S/C26H26ClN9/c27-21-11-5-6-12-22(21)36-17-20(32-33-36)16-35-18-29-23-24(28-15-19-9-3-1-4-10-19)30-26(31-25(23)35)34-13-7-2-8-14-34/h1,3-6,9-12,17-18H,2,7-8,13-16H2,(H,28,30,31). The highest BCUT2D eigenvalue weighted by atomic mass is 35.5. The number of hydrogen-bond acceptors (Lipinski definition) is 7. The predicted molar refractivity (Wildman–Crippen MR) is 141 cm³/mol. The molecule has 182 valence electrons. The Morgan fingerprint density at radius 3 is 2.56 bits per heavy atom. The molecule has 0 saturated carbocycles. The molecule has 0 bridgehead atoms. The van der Waals surface area contributed by atoms with Gasteiger partial charge in [-0.2, -0.15) is 9.97 Å². The third kappa shape index (κ3) is 4.61. The summed E-state index contributed by atoms with van der Waals surface area (Å²) in [5, 5.41) is 12.7. The molecule has 1 saturated heterocycles. The fourth-order valence-electron chi connectivity index (χ4n) is 4.49. The zero-order chi connectivity index (χ0) is 24.3. The Balaban J connectivity index is 1.33. The van der Waals surface area contributed by atoms with E-state index in [2.05, 4.69) is 37.6 Å². The molecule has 1 N–H and O–H groups in total. The smallest absolute Gasteiger partial charge is 0.229 e. The van der Waals surface area contributed by atoms with Gasteiger partial charge in [-0.1, -0.05) is 59.3 Å². The van der Waals surface area contributed by atoms with Crippen molar-refractivity contribution in [2.75, 3.05) is 23.3 Å². The molecular formula is C26H26ClN9. The number of halogens is 1. The van der Waals surface area contributed by atoms with E-state index in [9.17, 15) is 0 Å². The Bertz CT molecular complexity index is 1470. The molecule has 1 fully saturated rings. The highest BCUT2D eigenvalue weighted by Gasteiger charge is 2.20. The van der Waals surface area contributed by atoms with Gasteiger partial charge in [-0.3, -0.25) is 0 Å². The van der Waals surface area contributed by atoms with Crippen LogP contribution in [0.4, 0.5) is 11.8 Å². The number of benzene rings is 2. The van der Waals surface area contributed by atoms with E-state index in [1.165, 1.54) is 12.0 Å². The van der Waals surface area contributed by atoms with Crippen LogP contribution in [0.5, 0.6) is 0 Å². The monoisotopic (exact) mass is 499 g/mol. The van der Waals surface area contributed by atoms with Crippen molar-refractivity contribution in [3.63, 3.8) is 0 Å². The van der Waals surface area contributed by atoms with Crippen LogP contribution in [0.1, 0.15) is 30.5 Å². The van der Waals surface area contributed by atoms with Crippen LogP contribution in [-0.4, -0.2) is 47.6 Å². The Morgan fingerprint density at radius 1 is 0.917 bits per heavy atom. The van der Waals surface area contributed by atoms with Gasteiger partial charge in [0.1, 0.15) is 5.69 Å². The zero-order valence-electron chi connectivity index (χ0n) is 19.8. The molecule has 0 radical (unpaired) electrons. The quantitative estimate of drug-likeness (QED) is 0.347. The Morgan fingerprint density at radius 2 is 1.72 bits per heavy atom. The summed E-state index contributed by atoms with van der Waals surface area (Å²) in [5.41, 5.74) is 4.26. The molecule has 0 aliphatic carbocycles. The summed E-state index contributed by atoms with van der Waals surface area (Å²) in [4.78, 5) is 16.8. The normalized spacial score (nSPS) is 13.9. The molecule has 2 aromatic carbocycles. The fourth-order valence-corrected chi connectivity index (χ4v) is 4.71. The van der Waals surface area contributed by atoms with Gasteiger partial charge in [0, 0.05) is 19.6 Å². The second kappa shape index (κ2) is 9.94. The number of nitrogens with zero attached hydrogens (tertiary/aromatic N) is 8. The molecule has 4 heterocycles. The Hall–Kier alpha value is -3.98. The van der Waals surface area contributed by atoms with E-state index in [4.69, 9.17) is 21.6 Å². The highest BCUT2D eigenvalue weighted by Crippen LogP contribution is 2.26. The molecule has 9 nitrogen and oxygen atoms in total. The van der Waals surface area contributed by atoms with Crippen LogP contribution >= 0.6 is 11.6 Å². The van der Waals surface area contributed by atoms with Crippen LogP contribution in [0.3, 0.4) is 0 Å². The number of hydrogen-bond donors (Lipinski definition) is 1. The number of nitrogens with one attached hydrogen (secondary N) is 1. The third-order valence-electron chi connectivity index (χ3n) is 6.37. The lowest BCUT2D eigenvalue weighted by molar-refractivity contribution is 0.568. The lowest BCUT2D eigenvalue weighted by Crippen LogP contribution is -2.31. The molecule has 3 aromatic heterocycles. The average Bonchev–Trinajstić information content (AvgIpc) is 3.56. The van der Waals surface area contributed by atoms with Crippen LogP contribution in [-0.2, 0) is 13.1 Å². The number of imidazole rings is 1. The van der Waals surface area contributed by atoms with E-state index in [0.29, 0.717) is 18.1 Å². The summed E-state index contributed by atoms with van der Waals surface area (Å²) >= 11 is 6.34. The minimum Gasteiger partial charge on any atom is -0.364 e. The lowest BCUT2D eigenvalue weighted by Gasteiger charge is -2.27. The summed E-state index contributed by atoms with van der Waals surface area (Å²) in [7, 11) is 0. The van der Waals surface area contributed by atoms with E-state index in [0.717, 1.165) is 60.2 Å². The van der Waals surface area contributed by atoms with Crippen molar-refractivity contribution < 1.29 is 0 Å². The zero-order valence-corrected chi connectivity index (χ0v) is 20.5. The maximum absolute atomic E-state index is 6.34. The van der Waals surface area contributed by atoms with Crippen molar-refractivity contribution in [3.8, 4) is 5.69 Å². The molecule has 0 spiro atoms. The van der Waals surface area contributed by atoms with Gasteiger partial charge in [0.15, 0.2) is 17.0 Å². The molecular weight excluding hydrogens is 474 g/mol. The third-order valence-corrected chi connectivity index (χ3v) is 6.69. The Kier molecular flexibility index (Phi) is 6.21. The van der Waals surface area contributed by atoms with Gasteiger partial charge in [-0.15, -0.1) is 5.10 Å². The van der Waals surface area contributed by atoms with E-state index in [1.807, 2.05) is 53.2 Å². The number of rotatable bonds is 7. The molecule has 0 atom stereocenters. The van der Waals surface area contributed by atoms with Crippen LogP contribution in [0.25, 0.3) is 16.9 Å². The first-order valence-corrected chi connectivity index (χ1v) is 12.5. The Labute approximate surface area is 213 Å². The average molecular weight is 500 g/mol. The predicted octanol–water partition coefficient (Wildman–Crippen LogP) is 4.71. The topological polar surface area (TPSA) is 89.6 Å². The van der Waals surface area contributed by atoms with Crippen LogP contribution in [0.15, 0.2) is 67.1 Å². The van der Waals surface area contributed by atoms with Crippen molar-refractivity contribution in [2.24, 2.45) is 0 Å². The number of para-hydroxylation sites is 1. The number of aromatic nitrogens is 7. The number of fused-ring (bicyclic) bond motifs is 1. The first-order chi connectivity index (χ1) is 17.7. The summed E-state index contributed by atoms with van der Waals surface area (Å²) in [6.07, 6.45) is 7.23. The first-order valence-electron chi connectivity index (χ1n) is 12.2. The summed E-state index contributed by atoms with van der Waals surface area (Å²) < 4.78 is 3.69. The first kappa shape index (κ1) is 22.5. The summed E-state index contributed by atoms with van der Waals surface area (Å²) in [6, 6.07) is 17.9. The minimum atomic E-state index is 0.482.